The Morgan fingerprint density at radius 3 is 3.00 bits per heavy atom. The Balaban J connectivity index is 2.63. The lowest BCUT2D eigenvalue weighted by molar-refractivity contribution is 0.823. The van der Waals surface area contributed by atoms with Crippen molar-refractivity contribution in [1.82, 2.24) is 9.55 Å². The van der Waals surface area contributed by atoms with Crippen LogP contribution >= 0.6 is 11.6 Å². The molecule has 2 aromatic rings. The summed E-state index contributed by atoms with van der Waals surface area (Å²) in [5.74, 6) is 6.88. The average molecular weight is 219 g/mol. The largest absolute Gasteiger partial charge is 0.316 e. The molecular weight excluding hydrogens is 208 g/mol. The van der Waals surface area contributed by atoms with Crippen LogP contribution in [0.5, 0.6) is 0 Å². The molecule has 76 valence electrons. The number of benzene rings is 1. The fourth-order valence-corrected chi connectivity index (χ4v) is 1.74. The highest BCUT2D eigenvalue weighted by Gasteiger charge is 2.06. The molecule has 1 heterocycles. The summed E-state index contributed by atoms with van der Waals surface area (Å²) in [6, 6.07) is 5.71. The monoisotopic (exact) mass is 218 g/mol. The van der Waals surface area contributed by atoms with Crippen LogP contribution in [-0.4, -0.2) is 9.55 Å². The van der Waals surface area contributed by atoms with Crippen molar-refractivity contribution >= 4 is 22.6 Å². The number of aryl methyl sites for hydroxylation is 1. The number of hydrogen-bond donors (Lipinski definition) is 0. The molecule has 0 fully saturated rings. The zero-order valence-electron chi connectivity index (χ0n) is 8.71. The Hall–Kier alpha value is -1.46. The minimum absolute atomic E-state index is 0.666. The third kappa shape index (κ3) is 1.84. The third-order valence-corrected chi connectivity index (χ3v) is 2.55. The van der Waals surface area contributed by atoms with Crippen molar-refractivity contribution in [2.24, 2.45) is 0 Å². The summed E-state index contributed by atoms with van der Waals surface area (Å²) in [6.45, 7) is 4.48. The van der Waals surface area contributed by atoms with Gasteiger partial charge < -0.3 is 4.57 Å². The van der Waals surface area contributed by atoms with Crippen molar-refractivity contribution in [2.75, 3.05) is 0 Å². The Morgan fingerprint density at radius 1 is 1.47 bits per heavy atom. The lowest BCUT2D eigenvalue weighted by Crippen LogP contribution is -1.97. The minimum atomic E-state index is 0.666. The summed E-state index contributed by atoms with van der Waals surface area (Å²) < 4.78 is 2.07. The van der Waals surface area contributed by atoms with E-state index in [4.69, 9.17) is 11.6 Å². The molecule has 3 heteroatoms. The fraction of sp³-hybridized carbons (Fsp3) is 0.250. The first kappa shape index (κ1) is 10.1. The third-order valence-electron chi connectivity index (χ3n) is 2.32. The van der Waals surface area contributed by atoms with E-state index in [1.807, 2.05) is 32.0 Å². The molecule has 0 N–H and O–H groups in total. The van der Waals surface area contributed by atoms with E-state index in [9.17, 15) is 0 Å². The van der Waals surface area contributed by atoms with Crippen molar-refractivity contribution in [2.45, 2.75) is 20.4 Å². The van der Waals surface area contributed by atoms with Crippen molar-refractivity contribution in [3.05, 3.63) is 29.0 Å². The maximum atomic E-state index is 5.96. The van der Waals surface area contributed by atoms with E-state index in [0.29, 0.717) is 6.54 Å². The first-order valence-electron chi connectivity index (χ1n) is 4.74. The second-order valence-corrected chi connectivity index (χ2v) is 3.74. The molecule has 0 spiro atoms. The zero-order chi connectivity index (χ0) is 10.8. The first-order valence-corrected chi connectivity index (χ1v) is 5.12. The molecule has 0 radical (unpaired) electrons. The van der Waals surface area contributed by atoms with Gasteiger partial charge in [0.2, 0.25) is 0 Å². The first-order chi connectivity index (χ1) is 7.22. The maximum absolute atomic E-state index is 5.96. The van der Waals surface area contributed by atoms with E-state index in [1.165, 1.54) is 0 Å². The highest BCUT2D eigenvalue weighted by atomic mass is 35.5. The van der Waals surface area contributed by atoms with Crippen LogP contribution in [0.3, 0.4) is 0 Å². The van der Waals surface area contributed by atoms with E-state index in [2.05, 4.69) is 21.4 Å². The lowest BCUT2D eigenvalue weighted by Gasteiger charge is -2.00. The van der Waals surface area contributed by atoms with Crippen LogP contribution in [0.4, 0.5) is 0 Å². The molecule has 15 heavy (non-hydrogen) atoms. The zero-order valence-corrected chi connectivity index (χ0v) is 9.47. The van der Waals surface area contributed by atoms with Gasteiger partial charge in [-0.05, 0) is 32.0 Å². The number of fused-ring (bicyclic) bond motifs is 1. The number of hydrogen-bond acceptors (Lipinski definition) is 1. The van der Waals surface area contributed by atoms with E-state index in [0.717, 1.165) is 21.9 Å². The van der Waals surface area contributed by atoms with Gasteiger partial charge in [-0.2, -0.15) is 0 Å². The van der Waals surface area contributed by atoms with Crippen LogP contribution in [0.2, 0.25) is 5.02 Å². The minimum Gasteiger partial charge on any atom is -0.316 e. The molecule has 2 rings (SSSR count). The van der Waals surface area contributed by atoms with Crippen LogP contribution in [0.15, 0.2) is 18.2 Å². The number of halogens is 1. The predicted octanol–water partition coefficient (Wildman–Crippen LogP) is 3.02. The van der Waals surface area contributed by atoms with E-state index in [-0.39, 0.29) is 0 Å². The van der Waals surface area contributed by atoms with Crippen LogP contribution in [0, 0.1) is 18.8 Å². The molecule has 0 aliphatic heterocycles. The molecule has 1 aromatic carbocycles. The summed E-state index contributed by atoms with van der Waals surface area (Å²) in [7, 11) is 0. The molecule has 0 amide bonds. The Morgan fingerprint density at radius 2 is 2.27 bits per heavy atom. The topological polar surface area (TPSA) is 17.8 Å². The molecule has 0 unspecified atom stereocenters. The smallest absolute Gasteiger partial charge is 0.107 e. The quantitative estimate of drug-likeness (QED) is 0.673. The molecule has 0 saturated heterocycles. The van der Waals surface area contributed by atoms with Gasteiger partial charge in [-0.1, -0.05) is 17.5 Å². The second-order valence-electron chi connectivity index (χ2n) is 3.30. The van der Waals surface area contributed by atoms with Crippen LogP contribution in [0.1, 0.15) is 12.7 Å². The molecular formula is C12H11ClN2. The molecule has 0 bridgehead atoms. The highest BCUT2D eigenvalue weighted by molar-refractivity contribution is 6.31. The van der Waals surface area contributed by atoms with Gasteiger partial charge >= 0.3 is 0 Å². The van der Waals surface area contributed by atoms with Gasteiger partial charge in [0.25, 0.3) is 0 Å². The predicted molar refractivity (Wildman–Crippen MR) is 62.9 cm³/mol. The van der Waals surface area contributed by atoms with Gasteiger partial charge in [0, 0.05) is 5.02 Å². The number of nitrogens with zero attached hydrogens (tertiary/aromatic N) is 2. The Bertz CT molecular complexity index is 558. The molecule has 0 atom stereocenters. The van der Waals surface area contributed by atoms with Gasteiger partial charge in [-0.25, -0.2) is 4.98 Å². The second kappa shape index (κ2) is 3.96. The standard InChI is InChI=1S/C12H11ClN2/c1-3-4-7-15-9(2)14-11-6-5-10(13)8-12(11)15/h5-6,8H,7H2,1-2H3. The summed E-state index contributed by atoms with van der Waals surface area (Å²) in [5, 5.41) is 0.730. The summed E-state index contributed by atoms with van der Waals surface area (Å²) >= 11 is 5.96. The van der Waals surface area contributed by atoms with Crippen LogP contribution < -0.4 is 0 Å². The van der Waals surface area contributed by atoms with Gasteiger partial charge in [-0.15, -0.1) is 5.92 Å². The van der Waals surface area contributed by atoms with Crippen molar-refractivity contribution < 1.29 is 0 Å². The Kier molecular flexibility index (Phi) is 2.66. The molecule has 1 aromatic heterocycles. The Labute approximate surface area is 93.9 Å². The van der Waals surface area contributed by atoms with Crippen molar-refractivity contribution in [3.8, 4) is 11.8 Å². The van der Waals surface area contributed by atoms with Gasteiger partial charge in [-0.3, -0.25) is 0 Å². The van der Waals surface area contributed by atoms with E-state index < -0.39 is 0 Å². The summed E-state index contributed by atoms with van der Waals surface area (Å²) in [4.78, 5) is 4.44. The normalized spacial score (nSPS) is 10.1. The van der Waals surface area contributed by atoms with Crippen LogP contribution in [-0.2, 0) is 6.54 Å². The molecule has 0 aliphatic rings. The molecule has 0 aliphatic carbocycles. The summed E-state index contributed by atoms with van der Waals surface area (Å²) in [5.41, 5.74) is 2.01. The van der Waals surface area contributed by atoms with Gasteiger partial charge in [0.05, 0.1) is 17.6 Å². The number of aromatic nitrogens is 2. The molecule has 2 nitrogen and oxygen atoms in total. The van der Waals surface area contributed by atoms with E-state index in [1.54, 1.807) is 0 Å². The number of rotatable bonds is 1. The van der Waals surface area contributed by atoms with Gasteiger partial charge in [0.15, 0.2) is 0 Å². The number of imidazole rings is 1. The summed E-state index contributed by atoms with van der Waals surface area (Å²) in [6.07, 6.45) is 0. The fourth-order valence-electron chi connectivity index (χ4n) is 1.57. The maximum Gasteiger partial charge on any atom is 0.107 e. The average Bonchev–Trinajstić information content (AvgIpc) is 2.51. The van der Waals surface area contributed by atoms with Gasteiger partial charge in [0.1, 0.15) is 5.82 Å². The van der Waals surface area contributed by atoms with Crippen molar-refractivity contribution in [3.63, 3.8) is 0 Å². The van der Waals surface area contributed by atoms with Crippen molar-refractivity contribution in [1.29, 1.82) is 0 Å². The highest BCUT2D eigenvalue weighted by Crippen LogP contribution is 2.20. The van der Waals surface area contributed by atoms with E-state index >= 15 is 0 Å². The lowest BCUT2D eigenvalue weighted by atomic mass is 10.3. The SMILES string of the molecule is CC#CCn1c(C)nc2ccc(Cl)cc21. The van der Waals surface area contributed by atoms with Crippen LogP contribution in [0.25, 0.3) is 11.0 Å². The molecule has 0 saturated carbocycles.